The lowest BCUT2D eigenvalue weighted by molar-refractivity contribution is -0.124. The topological polar surface area (TPSA) is 95.6 Å². The van der Waals surface area contributed by atoms with Gasteiger partial charge in [-0.2, -0.15) is 0 Å². The maximum absolute atomic E-state index is 12.9. The molecule has 2 aromatic carbocycles. The molecule has 32 heavy (non-hydrogen) atoms. The Morgan fingerprint density at radius 2 is 1.72 bits per heavy atom. The number of likely N-dealkylation sites (tertiary alicyclic amines) is 1. The number of nitrogens with one attached hydrogen (secondary N) is 2. The van der Waals surface area contributed by atoms with Crippen LogP contribution in [0.4, 0.5) is 5.69 Å². The van der Waals surface area contributed by atoms with E-state index in [2.05, 4.69) is 10.0 Å². The molecule has 1 aliphatic carbocycles. The average Bonchev–Trinajstić information content (AvgIpc) is 3.29. The van der Waals surface area contributed by atoms with Crippen LogP contribution in [0.2, 0.25) is 0 Å². The summed E-state index contributed by atoms with van der Waals surface area (Å²) in [5.74, 6) is -0.351. The number of anilines is 1. The van der Waals surface area contributed by atoms with Crippen molar-refractivity contribution in [3.8, 4) is 0 Å². The number of benzene rings is 2. The lowest BCUT2D eigenvalue weighted by Gasteiger charge is -2.24. The van der Waals surface area contributed by atoms with Crippen molar-refractivity contribution in [1.82, 2.24) is 10.2 Å². The molecule has 0 saturated carbocycles. The molecule has 1 aliphatic heterocycles. The fourth-order valence-corrected chi connectivity index (χ4v) is 5.62. The molecular weight excluding hydrogens is 426 g/mol. The van der Waals surface area contributed by atoms with Crippen molar-refractivity contribution in [2.45, 2.75) is 56.4 Å². The smallest absolute Gasteiger partial charge is 0.261 e. The first-order valence-electron chi connectivity index (χ1n) is 11.2. The van der Waals surface area contributed by atoms with Gasteiger partial charge in [0, 0.05) is 24.3 Å². The van der Waals surface area contributed by atoms with E-state index in [4.69, 9.17) is 0 Å². The summed E-state index contributed by atoms with van der Waals surface area (Å²) in [4.78, 5) is 27.0. The van der Waals surface area contributed by atoms with Crippen molar-refractivity contribution in [3.63, 3.8) is 0 Å². The molecule has 7 nitrogen and oxygen atoms in total. The van der Waals surface area contributed by atoms with E-state index in [1.807, 2.05) is 13.0 Å². The number of hydrogen-bond acceptors (Lipinski definition) is 4. The van der Waals surface area contributed by atoms with Gasteiger partial charge in [-0.3, -0.25) is 14.3 Å². The Balaban J connectivity index is 1.46. The van der Waals surface area contributed by atoms with Crippen molar-refractivity contribution in [1.29, 1.82) is 0 Å². The summed E-state index contributed by atoms with van der Waals surface area (Å²) in [6, 6.07) is 11.2. The first-order chi connectivity index (χ1) is 15.4. The molecule has 0 radical (unpaired) electrons. The van der Waals surface area contributed by atoms with Crippen molar-refractivity contribution in [2.24, 2.45) is 0 Å². The largest absolute Gasteiger partial charge is 0.355 e. The third kappa shape index (κ3) is 4.65. The first-order valence-corrected chi connectivity index (χ1v) is 12.7. The minimum Gasteiger partial charge on any atom is -0.355 e. The molecule has 1 fully saturated rings. The van der Waals surface area contributed by atoms with E-state index in [0.29, 0.717) is 30.8 Å². The Morgan fingerprint density at radius 1 is 1.00 bits per heavy atom. The van der Waals surface area contributed by atoms with Crippen LogP contribution in [0.15, 0.2) is 47.4 Å². The zero-order valence-electron chi connectivity index (χ0n) is 18.3. The van der Waals surface area contributed by atoms with Gasteiger partial charge in [0.25, 0.3) is 15.9 Å². The summed E-state index contributed by atoms with van der Waals surface area (Å²) in [5.41, 5.74) is 3.15. The summed E-state index contributed by atoms with van der Waals surface area (Å²) >= 11 is 0. The van der Waals surface area contributed by atoms with Crippen molar-refractivity contribution >= 4 is 27.5 Å². The van der Waals surface area contributed by atoms with E-state index in [9.17, 15) is 18.0 Å². The lowest BCUT2D eigenvalue weighted by atomic mass is 9.92. The summed E-state index contributed by atoms with van der Waals surface area (Å²) in [7, 11) is -3.72. The second-order valence-corrected chi connectivity index (χ2v) is 10.1. The second kappa shape index (κ2) is 9.32. The first kappa shape index (κ1) is 22.3. The highest BCUT2D eigenvalue weighted by Crippen LogP contribution is 2.26. The van der Waals surface area contributed by atoms with Crippen LogP contribution in [-0.2, 0) is 27.7 Å². The average molecular weight is 456 g/mol. The maximum Gasteiger partial charge on any atom is 0.261 e. The van der Waals surface area contributed by atoms with E-state index in [1.54, 1.807) is 41.3 Å². The Hall–Kier alpha value is -2.87. The van der Waals surface area contributed by atoms with Crippen molar-refractivity contribution in [3.05, 3.63) is 59.2 Å². The maximum atomic E-state index is 12.9. The molecule has 1 unspecified atom stereocenters. The number of fused-ring (bicyclic) bond motifs is 1. The molecule has 0 aromatic heterocycles. The van der Waals surface area contributed by atoms with Gasteiger partial charge in [0.05, 0.1) is 4.90 Å². The molecule has 0 spiro atoms. The second-order valence-electron chi connectivity index (χ2n) is 8.37. The van der Waals surface area contributed by atoms with E-state index in [0.717, 1.165) is 37.7 Å². The van der Waals surface area contributed by atoms with Crippen LogP contribution in [0.3, 0.4) is 0 Å². The number of aryl methyl sites for hydroxylation is 2. The summed E-state index contributed by atoms with van der Waals surface area (Å²) < 4.78 is 28.3. The fourth-order valence-electron chi connectivity index (χ4n) is 4.51. The van der Waals surface area contributed by atoms with E-state index >= 15 is 0 Å². The lowest BCUT2D eigenvalue weighted by Crippen LogP contribution is -2.45. The zero-order valence-corrected chi connectivity index (χ0v) is 19.1. The molecule has 0 bridgehead atoms. The zero-order chi connectivity index (χ0) is 22.7. The van der Waals surface area contributed by atoms with Gasteiger partial charge in [0.2, 0.25) is 5.91 Å². The van der Waals surface area contributed by atoms with Crippen LogP contribution < -0.4 is 10.0 Å². The SMILES string of the molecule is CCNC(=O)C1CCCN1C(=O)c1ccc(NS(=O)(=O)c2ccc3c(c2)CCCC3)cc1. The number of likely N-dealkylation sites (N-methyl/N-ethyl adjacent to an activating group) is 1. The van der Waals surface area contributed by atoms with Gasteiger partial charge < -0.3 is 10.2 Å². The highest BCUT2D eigenvalue weighted by atomic mass is 32.2. The van der Waals surface area contributed by atoms with Crippen LogP contribution in [0.25, 0.3) is 0 Å². The molecule has 2 aliphatic rings. The number of carbonyl (C=O) groups excluding carboxylic acids is 2. The summed E-state index contributed by atoms with van der Waals surface area (Å²) in [6.45, 7) is 2.91. The Labute approximate surface area is 189 Å². The Bertz CT molecular complexity index is 1110. The normalized spacial score (nSPS) is 18.2. The number of rotatable bonds is 6. The molecule has 4 rings (SSSR count). The van der Waals surface area contributed by atoms with Crippen LogP contribution in [0.5, 0.6) is 0 Å². The van der Waals surface area contributed by atoms with E-state index in [1.165, 1.54) is 5.56 Å². The predicted molar refractivity (Wildman–Crippen MR) is 123 cm³/mol. The predicted octanol–water partition coefficient (Wildman–Crippen LogP) is 3.11. The highest BCUT2D eigenvalue weighted by molar-refractivity contribution is 7.92. The number of carbonyl (C=O) groups is 2. The van der Waals surface area contributed by atoms with Gasteiger partial charge >= 0.3 is 0 Å². The Morgan fingerprint density at radius 3 is 2.44 bits per heavy atom. The van der Waals surface area contributed by atoms with Crippen LogP contribution in [-0.4, -0.2) is 44.3 Å². The number of amides is 2. The van der Waals surface area contributed by atoms with Gasteiger partial charge in [-0.15, -0.1) is 0 Å². The number of nitrogens with zero attached hydrogens (tertiary/aromatic N) is 1. The quantitative estimate of drug-likeness (QED) is 0.700. The van der Waals surface area contributed by atoms with Gasteiger partial charge in [0.15, 0.2) is 0 Å². The third-order valence-electron chi connectivity index (χ3n) is 6.18. The molecule has 2 aromatic rings. The van der Waals surface area contributed by atoms with Crippen LogP contribution in [0.1, 0.15) is 54.1 Å². The van der Waals surface area contributed by atoms with Crippen molar-refractivity contribution in [2.75, 3.05) is 17.8 Å². The number of hydrogen-bond donors (Lipinski definition) is 2. The molecule has 1 heterocycles. The van der Waals surface area contributed by atoms with Crippen LogP contribution >= 0.6 is 0 Å². The molecule has 1 saturated heterocycles. The minimum atomic E-state index is -3.72. The Kier molecular flexibility index (Phi) is 6.50. The molecule has 2 amide bonds. The molecule has 2 N–H and O–H groups in total. The summed E-state index contributed by atoms with van der Waals surface area (Å²) in [5, 5.41) is 2.78. The molecular formula is C24H29N3O4S. The van der Waals surface area contributed by atoms with Crippen LogP contribution in [0, 0.1) is 0 Å². The standard InChI is InChI=1S/C24H29N3O4S/c1-2-25-23(28)22-8-5-15-27(22)24(29)18-9-12-20(13-10-18)26-32(30,31)21-14-11-17-6-3-4-7-19(17)16-21/h9-14,16,22,26H,2-8,15H2,1H3,(H,25,28). The molecule has 1 atom stereocenters. The van der Waals surface area contributed by atoms with Gasteiger partial charge in [-0.1, -0.05) is 6.07 Å². The van der Waals surface area contributed by atoms with Gasteiger partial charge in [-0.25, -0.2) is 8.42 Å². The number of sulfonamides is 1. The third-order valence-corrected chi connectivity index (χ3v) is 7.56. The summed E-state index contributed by atoms with van der Waals surface area (Å²) in [6.07, 6.45) is 5.56. The highest BCUT2D eigenvalue weighted by Gasteiger charge is 2.34. The minimum absolute atomic E-state index is 0.132. The van der Waals surface area contributed by atoms with E-state index in [-0.39, 0.29) is 16.7 Å². The monoisotopic (exact) mass is 455 g/mol. The van der Waals surface area contributed by atoms with Gasteiger partial charge in [-0.05, 0) is 93.0 Å². The fraction of sp³-hybridized carbons (Fsp3) is 0.417. The van der Waals surface area contributed by atoms with Gasteiger partial charge in [0.1, 0.15) is 6.04 Å². The van der Waals surface area contributed by atoms with Crippen molar-refractivity contribution < 1.29 is 18.0 Å². The van der Waals surface area contributed by atoms with E-state index < -0.39 is 16.1 Å². The molecule has 8 heteroatoms. The molecule has 170 valence electrons.